The summed E-state index contributed by atoms with van der Waals surface area (Å²) in [6.45, 7) is 2.34. The summed E-state index contributed by atoms with van der Waals surface area (Å²) in [4.78, 5) is 25.2. The maximum absolute atomic E-state index is 12.1. The van der Waals surface area contributed by atoms with E-state index in [-0.39, 0.29) is 12.5 Å². The van der Waals surface area contributed by atoms with Gasteiger partial charge in [-0.05, 0) is 47.0 Å². The molecule has 2 heterocycles. The summed E-state index contributed by atoms with van der Waals surface area (Å²) >= 11 is 1.60. The second-order valence-electron chi connectivity index (χ2n) is 5.58. The van der Waals surface area contributed by atoms with Crippen molar-refractivity contribution in [2.45, 2.75) is 13.5 Å². The van der Waals surface area contributed by atoms with Gasteiger partial charge >= 0.3 is 5.63 Å². The third-order valence-corrected chi connectivity index (χ3v) is 4.44. The molecule has 0 aliphatic rings. The second-order valence-corrected chi connectivity index (χ2v) is 6.36. The molecular formula is C18H17NO4S. The molecule has 0 aliphatic heterocycles. The van der Waals surface area contributed by atoms with Crippen LogP contribution in [0.5, 0.6) is 5.75 Å². The largest absolute Gasteiger partial charge is 0.484 e. The average Bonchev–Trinajstić information content (AvgIpc) is 3.04. The van der Waals surface area contributed by atoms with E-state index in [1.54, 1.807) is 35.4 Å². The van der Waals surface area contributed by atoms with Crippen LogP contribution in [0.2, 0.25) is 0 Å². The van der Waals surface area contributed by atoms with Crippen molar-refractivity contribution in [3.63, 3.8) is 0 Å². The van der Waals surface area contributed by atoms with Crippen LogP contribution in [0.3, 0.4) is 0 Å². The highest BCUT2D eigenvalue weighted by molar-refractivity contribution is 7.07. The summed E-state index contributed by atoms with van der Waals surface area (Å²) in [5, 5.41) is 4.84. The first-order valence-electron chi connectivity index (χ1n) is 7.45. The zero-order valence-corrected chi connectivity index (χ0v) is 14.3. The molecule has 0 aliphatic carbocycles. The lowest BCUT2D eigenvalue weighted by Crippen LogP contribution is -2.30. The van der Waals surface area contributed by atoms with Gasteiger partial charge in [-0.3, -0.25) is 4.79 Å². The highest BCUT2D eigenvalue weighted by Crippen LogP contribution is 2.22. The number of benzene rings is 1. The number of hydrogen-bond donors (Lipinski definition) is 0. The molecule has 24 heavy (non-hydrogen) atoms. The first kappa shape index (κ1) is 16.3. The first-order chi connectivity index (χ1) is 11.5. The number of likely N-dealkylation sites (N-methyl/N-ethyl adjacent to an activating group) is 1. The van der Waals surface area contributed by atoms with Crippen molar-refractivity contribution in [3.05, 3.63) is 62.6 Å². The van der Waals surface area contributed by atoms with Crippen LogP contribution in [-0.4, -0.2) is 24.5 Å². The SMILES string of the molecule is Cc1cc(=O)oc2cc(OCC(=O)N(C)Cc3ccsc3)ccc12. The number of rotatable bonds is 5. The van der Waals surface area contributed by atoms with Crippen molar-refractivity contribution >= 4 is 28.2 Å². The maximum atomic E-state index is 12.1. The van der Waals surface area contributed by atoms with Crippen molar-refractivity contribution in [3.8, 4) is 5.75 Å². The van der Waals surface area contributed by atoms with Crippen molar-refractivity contribution in [2.75, 3.05) is 13.7 Å². The number of fused-ring (bicyclic) bond motifs is 1. The quantitative estimate of drug-likeness (QED) is 0.668. The van der Waals surface area contributed by atoms with Crippen molar-refractivity contribution in [1.82, 2.24) is 4.90 Å². The number of carbonyl (C=O) groups excluding carboxylic acids is 1. The van der Waals surface area contributed by atoms with E-state index in [4.69, 9.17) is 9.15 Å². The lowest BCUT2D eigenvalue weighted by Gasteiger charge is -2.16. The van der Waals surface area contributed by atoms with Gasteiger partial charge in [0.15, 0.2) is 6.61 Å². The molecule has 3 rings (SSSR count). The predicted molar refractivity (Wildman–Crippen MR) is 93.5 cm³/mol. The number of hydrogen-bond acceptors (Lipinski definition) is 5. The lowest BCUT2D eigenvalue weighted by molar-refractivity contribution is -0.132. The average molecular weight is 343 g/mol. The van der Waals surface area contributed by atoms with Crippen molar-refractivity contribution in [2.24, 2.45) is 0 Å². The van der Waals surface area contributed by atoms with E-state index >= 15 is 0 Å². The number of amides is 1. The van der Waals surface area contributed by atoms with Gasteiger partial charge in [-0.25, -0.2) is 4.79 Å². The summed E-state index contributed by atoms with van der Waals surface area (Å²) in [6.07, 6.45) is 0. The molecule has 1 amide bonds. The number of nitrogens with zero attached hydrogens (tertiary/aromatic N) is 1. The Bertz CT molecular complexity index is 914. The number of aryl methyl sites for hydroxylation is 1. The molecule has 0 unspecified atom stereocenters. The van der Waals surface area contributed by atoms with Gasteiger partial charge in [-0.1, -0.05) is 0 Å². The summed E-state index contributed by atoms with van der Waals surface area (Å²) in [7, 11) is 1.74. The Morgan fingerprint density at radius 1 is 1.29 bits per heavy atom. The van der Waals surface area contributed by atoms with E-state index in [9.17, 15) is 9.59 Å². The molecule has 0 saturated heterocycles. The van der Waals surface area contributed by atoms with Crippen LogP contribution in [0.1, 0.15) is 11.1 Å². The summed E-state index contributed by atoms with van der Waals surface area (Å²) in [5.41, 5.74) is 2.00. The number of thiophene rings is 1. The van der Waals surface area contributed by atoms with E-state index in [2.05, 4.69) is 0 Å². The third-order valence-electron chi connectivity index (χ3n) is 3.71. The molecule has 0 radical (unpaired) electrons. The molecule has 0 atom stereocenters. The van der Waals surface area contributed by atoms with Crippen LogP contribution >= 0.6 is 11.3 Å². The van der Waals surface area contributed by atoms with E-state index < -0.39 is 5.63 Å². The van der Waals surface area contributed by atoms with Gasteiger partial charge in [0.05, 0.1) is 0 Å². The Kier molecular flexibility index (Phi) is 4.66. The molecule has 5 nitrogen and oxygen atoms in total. The van der Waals surface area contributed by atoms with Gasteiger partial charge in [0.25, 0.3) is 5.91 Å². The fourth-order valence-electron chi connectivity index (χ4n) is 2.39. The lowest BCUT2D eigenvalue weighted by atomic mass is 10.1. The van der Waals surface area contributed by atoms with Crippen molar-refractivity contribution < 1.29 is 13.9 Å². The topological polar surface area (TPSA) is 59.8 Å². The van der Waals surface area contributed by atoms with Gasteiger partial charge in [-0.2, -0.15) is 11.3 Å². The zero-order valence-electron chi connectivity index (χ0n) is 13.4. The van der Waals surface area contributed by atoms with E-state index in [0.717, 1.165) is 16.5 Å². The van der Waals surface area contributed by atoms with E-state index in [0.29, 0.717) is 17.9 Å². The summed E-state index contributed by atoms with van der Waals surface area (Å²) in [6, 6.07) is 8.66. The van der Waals surface area contributed by atoms with Gasteiger partial charge in [0, 0.05) is 31.1 Å². The molecule has 124 valence electrons. The van der Waals surface area contributed by atoms with Gasteiger partial charge in [-0.15, -0.1) is 0 Å². The van der Waals surface area contributed by atoms with Gasteiger partial charge in [0.2, 0.25) is 0 Å². The Morgan fingerprint density at radius 3 is 2.88 bits per heavy atom. The van der Waals surface area contributed by atoms with Crippen LogP contribution < -0.4 is 10.4 Å². The Morgan fingerprint density at radius 2 is 2.12 bits per heavy atom. The van der Waals surface area contributed by atoms with Crippen LogP contribution in [0.4, 0.5) is 0 Å². The Hall–Kier alpha value is -2.60. The normalized spacial score (nSPS) is 10.8. The van der Waals surface area contributed by atoms with Crippen LogP contribution in [0.15, 0.2) is 50.3 Å². The first-order valence-corrected chi connectivity index (χ1v) is 8.39. The standard InChI is InChI=1S/C18H17NO4S/c1-12-7-18(21)23-16-8-14(3-4-15(12)16)22-10-17(20)19(2)9-13-5-6-24-11-13/h3-8,11H,9-10H2,1-2H3. The smallest absolute Gasteiger partial charge is 0.336 e. The second kappa shape index (κ2) is 6.88. The molecule has 0 fully saturated rings. The number of ether oxygens (including phenoxy) is 1. The Balaban J connectivity index is 1.66. The van der Waals surface area contributed by atoms with Crippen molar-refractivity contribution in [1.29, 1.82) is 0 Å². The Labute approximate surface area is 143 Å². The molecular weight excluding hydrogens is 326 g/mol. The molecule has 3 aromatic rings. The number of carbonyl (C=O) groups is 1. The third kappa shape index (κ3) is 3.65. The minimum Gasteiger partial charge on any atom is -0.484 e. The van der Waals surface area contributed by atoms with Gasteiger partial charge < -0.3 is 14.1 Å². The monoisotopic (exact) mass is 343 g/mol. The molecule has 1 aromatic carbocycles. The minimum absolute atomic E-state index is 0.0673. The fraction of sp³-hybridized carbons (Fsp3) is 0.222. The highest BCUT2D eigenvalue weighted by Gasteiger charge is 2.11. The van der Waals surface area contributed by atoms with Crippen LogP contribution in [0.25, 0.3) is 11.0 Å². The molecule has 2 aromatic heterocycles. The molecule has 0 saturated carbocycles. The van der Waals surface area contributed by atoms with Gasteiger partial charge in [0.1, 0.15) is 11.3 Å². The maximum Gasteiger partial charge on any atom is 0.336 e. The zero-order chi connectivity index (χ0) is 17.1. The van der Waals surface area contributed by atoms with Crippen LogP contribution in [0, 0.1) is 6.92 Å². The molecule has 0 N–H and O–H groups in total. The van der Waals surface area contributed by atoms with E-state index in [1.807, 2.05) is 29.8 Å². The molecule has 6 heteroatoms. The summed E-state index contributed by atoms with van der Waals surface area (Å²) in [5.74, 6) is 0.375. The highest BCUT2D eigenvalue weighted by atomic mass is 32.1. The fourth-order valence-corrected chi connectivity index (χ4v) is 3.05. The van der Waals surface area contributed by atoms with Crippen LogP contribution in [-0.2, 0) is 11.3 Å². The predicted octanol–water partition coefficient (Wildman–Crippen LogP) is 3.20. The summed E-state index contributed by atoms with van der Waals surface area (Å²) < 4.78 is 10.7. The molecule has 0 spiro atoms. The molecule has 0 bridgehead atoms. The van der Waals surface area contributed by atoms with E-state index in [1.165, 1.54) is 6.07 Å². The minimum atomic E-state index is -0.399.